The average Bonchev–Trinajstić information content (AvgIpc) is 2.53. The molecule has 0 aliphatic carbocycles. The Morgan fingerprint density at radius 2 is 2.17 bits per heavy atom. The fourth-order valence-corrected chi connectivity index (χ4v) is 3.52. The Morgan fingerprint density at radius 3 is 2.75 bits per heavy atom. The van der Waals surface area contributed by atoms with Crippen LogP contribution in [0.2, 0.25) is 0 Å². The van der Waals surface area contributed by atoms with E-state index >= 15 is 0 Å². The second-order valence-corrected chi connectivity index (χ2v) is 6.59. The van der Waals surface area contributed by atoms with E-state index in [9.17, 15) is 14.9 Å². The van der Waals surface area contributed by atoms with Crippen molar-refractivity contribution in [2.75, 3.05) is 7.05 Å². The molecule has 24 heavy (non-hydrogen) atoms. The molecule has 0 saturated carbocycles. The molecule has 1 aliphatic heterocycles. The molecule has 0 amide bonds. The van der Waals surface area contributed by atoms with Gasteiger partial charge < -0.3 is 10.1 Å². The minimum Gasteiger partial charge on any atom is -0.460 e. The van der Waals surface area contributed by atoms with Crippen molar-refractivity contribution < 1.29 is 14.5 Å². The summed E-state index contributed by atoms with van der Waals surface area (Å²) in [5.74, 6) is -0.436. The number of hydrogen-bond acceptors (Lipinski definition) is 6. The van der Waals surface area contributed by atoms with Crippen molar-refractivity contribution in [1.82, 2.24) is 5.32 Å². The van der Waals surface area contributed by atoms with Gasteiger partial charge in [0.05, 0.1) is 21.9 Å². The monoisotopic (exact) mass is 349 g/mol. The number of allylic oxidation sites excluding steroid dienone is 1. The molecule has 1 aromatic carbocycles. The lowest BCUT2D eigenvalue weighted by molar-refractivity contribution is -0.384. The van der Waals surface area contributed by atoms with Gasteiger partial charge in [0.15, 0.2) is 5.17 Å². The number of aliphatic imine (C=N–C) groups is 1. The van der Waals surface area contributed by atoms with Crippen LogP contribution in [0.1, 0.15) is 31.6 Å². The van der Waals surface area contributed by atoms with E-state index in [0.717, 1.165) is 0 Å². The second-order valence-electron chi connectivity index (χ2n) is 5.50. The Morgan fingerprint density at radius 1 is 1.46 bits per heavy atom. The number of carbonyl (C=O) groups excluding carboxylic acids is 1. The van der Waals surface area contributed by atoms with Gasteiger partial charge in [-0.05, 0) is 26.3 Å². The zero-order chi connectivity index (χ0) is 17.9. The standard InChI is InChI=1S/C16H19N3O4S/c1-9(2)23-15(20)13-10(3)18-16(17-4)24-14(13)11-6-5-7-12(8-11)19(21)22/h5-9,14H,1-4H3,(H,17,18). The summed E-state index contributed by atoms with van der Waals surface area (Å²) in [6, 6.07) is 6.28. The zero-order valence-electron chi connectivity index (χ0n) is 13.9. The number of amidine groups is 1. The van der Waals surface area contributed by atoms with Gasteiger partial charge in [-0.15, -0.1) is 0 Å². The first kappa shape index (κ1) is 18.0. The number of carbonyl (C=O) groups is 1. The molecule has 1 aromatic rings. The van der Waals surface area contributed by atoms with Crippen LogP contribution in [-0.4, -0.2) is 29.2 Å². The first-order valence-electron chi connectivity index (χ1n) is 7.40. The molecule has 1 atom stereocenters. The van der Waals surface area contributed by atoms with Crippen molar-refractivity contribution in [2.45, 2.75) is 32.1 Å². The van der Waals surface area contributed by atoms with E-state index in [1.165, 1.54) is 23.9 Å². The van der Waals surface area contributed by atoms with Gasteiger partial charge in [0.25, 0.3) is 5.69 Å². The lowest BCUT2D eigenvalue weighted by Crippen LogP contribution is -2.31. The molecule has 1 N–H and O–H groups in total. The summed E-state index contributed by atoms with van der Waals surface area (Å²) in [6.45, 7) is 5.32. The van der Waals surface area contributed by atoms with Crippen LogP contribution in [0.15, 0.2) is 40.5 Å². The molecule has 1 aliphatic rings. The summed E-state index contributed by atoms with van der Waals surface area (Å²) < 4.78 is 5.33. The lowest BCUT2D eigenvalue weighted by atomic mass is 10.0. The maximum atomic E-state index is 12.5. The molecule has 128 valence electrons. The van der Waals surface area contributed by atoms with E-state index in [0.29, 0.717) is 22.0 Å². The number of rotatable bonds is 4. The van der Waals surface area contributed by atoms with E-state index in [1.807, 2.05) is 0 Å². The number of nitro groups is 1. The normalized spacial score (nSPS) is 19.4. The summed E-state index contributed by atoms with van der Waals surface area (Å²) in [4.78, 5) is 27.2. The van der Waals surface area contributed by atoms with Gasteiger partial charge in [0.2, 0.25) is 0 Å². The van der Waals surface area contributed by atoms with Crippen LogP contribution in [-0.2, 0) is 9.53 Å². The number of benzene rings is 1. The van der Waals surface area contributed by atoms with E-state index < -0.39 is 16.1 Å². The van der Waals surface area contributed by atoms with Crippen LogP contribution in [0.3, 0.4) is 0 Å². The number of nitrogens with one attached hydrogen (secondary N) is 1. The fourth-order valence-electron chi connectivity index (χ4n) is 2.31. The largest absolute Gasteiger partial charge is 0.460 e. The molecule has 0 spiro atoms. The molecule has 0 bridgehead atoms. The molecule has 0 fully saturated rings. The van der Waals surface area contributed by atoms with Gasteiger partial charge in [0.1, 0.15) is 0 Å². The first-order valence-corrected chi connectivity index (χ1v) is 8.28. The van der Waals surface area contributed by atoms with Crippen molar-refractivity contribution in [2.24, 2.45) is 4.99 Å². The Labute approximate surface area is 144 Å². The second kappa shape index (κ2) is 7.48. The van der Waals surface area contributed by atoms with Crippen LogP contribution < -0.4 is 5.32 Å². The number of thioether (sulfide) groups is 1. The minimum absolute atomic E-state index is 0.0177. The molecule has 8 heteroatoms. The smallest absolute Gasteiger partial charge is 0.337 e. The van der Waals surface area contributed by atoms with Gasteiger partial charge in [0, 0.05) is 24.9 Å². The topological polar surface area (TPSA) is 93.8 Å². The number of hydrogen-bond donors (Lipinski definition) is 1. The summed E-state index contributed by atoms with van der Waals surface area (Å²) in [5.41, 5.74) is 1.72. The number of ether oxygens (including phenoxy) is 1. The predicted molar refractivity (Wildman–Crippen MR) is 93.9 cm³/mol. The maximum Gasteiger partial charge on any atom is 0.337 e. The van der Waals surface area contributed by atoms with E-state index in [2.05, 4.69) is 10.3 Å². The van der Waals surface area contributed by atoms with E-state index in [-0.39, 0.29) is 11.8 Å². The highest BCUT2D eigenvalue weighted by Crippen LogP contribution is 2.41. The van der Waals surface area contributed by atoms with Crippen molar-refractivity contribution in [3.05, 3.63) is 51.2 Å². The van der Waals surface area contributed by atoms with Crippen LogP contribution >= 0.6 is 11.8 Å². The van der Waals surface area contributed by atoms with Crippen molar-refractivity contribution >= 4 is 28.6 Å². The van der Waals surface area contributed by atoms with Gasteiger partial charge in [-0.3, -0.25) is 15.1 Å². The van der Waals surface area contributed by atoms with E-state index in [4.69, 9.17) is 4.74 Å². The highest BCUT2D eigenvalue weighted by molar-refractivity contribution is 8.14. The average molecular weight is 349 g/mol. The van der Waals surface area contributed by atoms with Crippen LogP contribution in [0.25, 0.3) is 0 Å². The third kappa shape index (κ3) is 3.94. The SMILES string of the molecule is CN=C1NC(C)=C(C(=O)OC(C)C)C(c2cccc([N+](=O)[O-])c2)S1. The third-order valence-electron chi connectivity index (χ3n) is 3.34. The molecule has 1 unspecified atom stereocenters. The number of nitrogens with zero attached hydrogens (tertiary/aromatic N) is 2. The lowest BCUT2D eigenvalue weighted by Gasteiger charge is -2.28. The van der Waals surface area contributed by atoms with Crippen LogP contribution in [0.5, 0.6) is 0 Å². The van der Waals surface area contributed by atoms with Crippen molar-refractivity contribution in [1.29, 1.82) is 0 Å². The van der Waals surface area contributed by atoms with Crippen LogP contribution in [0.4, 0.5) is 5.69 Å². The Bertz CT molecular complexity index is 728. The first-order chi connectivity index (χ1) is 11.3. The number of esters is 1. The third-order valence-corrected chi connectivity index (χ3v) is 4.59. The summed E-state index contributed by atoms with van der Waals surface area (Å²) in [6.07, 6.45) is -0.255. The summed E-state index contributed by atoms with van der Waals surface area (Å²) in [5, 5.41) is 14.3. The van der Waals surface area contributed by atoms with E-state index in [1.54, 1.807) is 40.0 Å². The molecule has 0 aromatic heterocycles. The van der Waals surface area contributed by atoms with Gasteiger partial charge in [-0.2, -0.15) is 0 Å². The maximum absolute atomic E-state index is 12.5. The highest BCUT2D eigenvalue weighted by Gasteiger charge is 2.33. The highest BCUT2D eigenvalue weighted by atomic mass is 32.2. The molecule has 0 radical (unpaired) electrons. The Balaban J connectivity index is 2.50. The summed E-state index contributed by atoms with van der Waals surface area (Å²) in [7, 11) is 1.64. The molecule has 7 nitrogen and oxygen atoms in total. The molecule has 1 heterocycles. The molecule has 0 saturated heterocycles. The Kier molecular flexibility index (Phi) is 5.61. The van der Waals surface area contributed by atoms with Gasteiger partial charge >= 0.3 is 5.97 Å². The van der Waals surface area contributed by atoms with Gasteiger partial charge in [-0.25, -0.2) is 4.79 Å². The summed E-state index contributed by atoms with van der Waals surface area (Å²) >= 11 is 1.33. The minimum atomic E-state index is -0.452. The Hall–Kier alpha value is -2.35. The zero-order valence-corrected chi connectivity index (χ0v) is 14.7. The van der Waals surface area contributed by atoms with Crippen molar-refractivity contribution in [3.8, 4) is 0 Å². The number of nitro benzene ring substituents is 1. The van der Waals surface area contributed by atoms with Crippen molar-refractivity contribution in [3.63, 3.8) is 0 Å². The quantitative estimate of drug-likeness (QED) is 0.510. The van der Waals surface area contributed by atoms with Crippen LogP contribution in [0, 0.1) is 10.1 Å². The predicted octanol–water partition coefficient (Wildman–Crippen LogP) is 3.18. The molecule has 2 rings (SSSR count). The molecular formula is C16H19N3O4S. The number of non-ortho nitro benzene ring substituents is 1. The van der Waals surface area contributed by atoms with Gasteiger partial charge in [-0.1, -0.05) is 23.9 Å². The molecular weight excluding hydrogens is 330 g/mol. The fraction of sp³-hybridized carbons (Fsp3) is 0.375.